The quantitative estimate of drug-likeness (QED) is 0.379. The van der Waals surface area contributed by atoms with Crippen molar-refractivity contribution in [2.75, 3.05) is 32.7 Å². The van der Waals surface area contributed by atoms with Gasteiger partial charge in [0.1, 0.15) is 6.04 Å². The highest BCUT2D eigenvalue weighted by Gasteiger charge is 2.24. The molecule has 0 aromatic heterocycles. The monoisotopic (exact) mass is 395 g/mol. The van der Waals surface area contributed by atoms with Gasteiger partial charge in [-0.25, -0.2) is 9.59 Å². The summed E-state index contributed by atoms with van der Waals surface area (Å²) in [6, 6.07) is 2.92. The molecule has 154 valence electrons. The van der Waals surface area contributed by atoms with Gasteiger partial charge in [-0.3, -0.25) is 14.9 Å². The first-order valence-electron chi connectivity index (χ1n) is 8.56. The van der Waals surface area contributed by atoms with Gasteiger partial charge < -0.3 is 19.7 Å². The van der Waals surface area contributed by atoms with Crippen molar-refractivity contribution < 1.29 is 28.8 Å². The highest BCUT2D eigenvalue weighted by molar-refractivity contribution is 5.98. The molecule has 0 spiro atoms. The SMILES string of the molecule is COC(=O)[C@@H](CC(C)C)NC(=O)COC(=O)c1cc([N+](=O)[O-])ccc1N(C)C. The van der Waals surface area contributed by atoms with Crippen molar-refractivity contribution in [2.45, 2.75) is 26.3 Å². The highest BCUT2D eigenvalue weighted by atomic mass is 16.6. The second-order valence-electron chi connectivity index (χ2n) is 6.70. The van der Waals surface area contributed by atoms with Crippen LogP contribution in [0.5, 0.6) is 0 Å². The van der Waals surface area contributed by atoms with Crippen LogP contribution in [0.15, 0.2) is 18.2 Å². The fraction of sp³-hybridized carbons (Fsp3) is 0.500. The molecule has 28 heavy (non-hydrogen) atoms. The number of carbonyl (C=O) groups excluding carboxylic acids is 3. The Morgan fingerprint density at radius 3 is 2.39 bits per heavy atom. The van der Waals surface area contributed by atoms with Crippen LogP contribution in [-0.4, -0.2) is 56.6 Å². The van der Waals surface area contributed by atoms with Crippen LogP contribution in [0.4, 0.5) is 11.4 Å². The lowest BCUT2D eigenvalue weighted by atomic mass is 10.0. The third kappa shape index (κ3) is 6.53. The van der Waals surface area contributed by atoms with E-state index in [2.05, 4.69) is 10.1 Å². The third-order valence-corrected chi connectivity index (χ3v) is 3.76. The first-order valence-corrected chi connectivity index (χ1v) is 8.56. The number of anilines is 1. The van der Waals surface area contributed by atoms with E-state index in [4.69, 9.17) is 4.74 Å². The average molecular weight is 395 g/mol. The second kappa shape index (κ2) is 10.2. The topological polar surface area (TPSA) is 128 Å². The van der Waals surface area contributed by atoms with E-state index in [0.29, 0.717) is 12.1 Å². The van der Waals surface area contributed by atoms with Gasteiger partial charge >= 0.3 is 11.9 Å². The van der Waals surface area contributed by atoms with Gasteiger partial charge in [0.05, 0.1) is 23.3 Å². The van der Waals surface area contributed by atoms with Gasteiger partial charge in [0, 0.05) is 26.2 Å². The summed E-state index contributed by atoms with van der Waals surface area (Å²) < 4.78 is 9.64. The number of nitrogens with one attached hydrogen (secondary N) is 1. The van der Waals surface area contributed by atoms with E-state index in [0.717, 1.165) is 6.07 Å². The Bertz CT molecular complexity index is 747. The van der Waals surface area contributed by atoms with E-state index in [1.54, 1.807) is 19.0 Å². The molecule has 0 saturated heterocycles. The molecule has 1 amide bonds. The molecular weight excluding hydrogens is 370 g/mol. The first kappa shape index (κ1) is 22.9. The molecule has 10 nitrogen and oxygen atoms in total. The minimum Gasteiger partial charge on any atom is -0.467 e. The maximum absolute atomic E-state index is 12.4. The number of hydrogen-bond donors (Lipinski definition) is 1. The molecule has 0 radical (unpaired) electrons. The number of ether oxygens (including phenoxy) is 2. The summed E-state index contributed by atoms with van der Waals surface area (Å²) in [4.78, 5) is 48.1. The third-order valence-electron chi connectivity index (χ3n) is 3.76. The average Bonchev–Trinajstić information content (AvgIpc) is 2.63. The Labute approximate surface area is 162 Å². The summed E-state index contributed by atoms with van der Waals surface area (Å²) in [5.41, 5.74) is 0.0895. The standard InChI is InChI=1S/C18H25N3O7/c1-11(2)8-14(18(24)27-5)19-16(22)10-28-17(23)13-9-12(21(25)26)6-7-15(13)20(3)4/h6-7,9,11,14H,8,10H2,1-5H3,(H,19,22)/t14-/m1/s1. The van der Waals surface area contributed by atoms with Gasteiger partial charge in [-0.2, -0.15) is 0 Å². The van der Waals surface area contributed by atoms with Gasteiger partial charge in [-0.05, 0) is 18.4 Å². The maximum Gasteiger partial charge on any atom is 0.341 e. The minimum absolute atomic E-state index is 0.0429. The number of non-ortho nitro benzene ring substituents is 1. The number of nitrogens with zero attached hydrogens (tertiary/aromatic N) is 2. The number of benzene rings is 1. The Morgan fingerprint density at radius 2 is 1.89 bits per heavy atom. The van der Waals surface area contributed by atoms with Crippen LogP contribution in [-0.2, 0) is 19.1 Å². The highest BCUT2D eigenvalue weighted by Crippen LogP contribution is 2.24. The Hall–Kier alpha value is -3.17. The zero-order chi connectivity index (χ0) is 21.4. The zero-order valence-corrected chi connectivity index (χ0v) is 16.6. The van der Waals surface area contributed by atoms with Crippen LogP contribution >= 0.6 is 0 Å². The molecule has 1 aromatic rings. The number of nitro groups is 1. The number of rotatable bonds is 9. The maximum atomic E-state index is 12.4. The number of methoxy groups -OCH3 is 1. The van der Waals surface area contributed by atoms with Crippen molar-refractivity contribution in [1.29, 1.82) is 0 Å². The Balaban J connectivity index is 2.85. The summed E-state index contributed by atoms with van der Waals surface area (Å²) in [6.07, 6.45) is 0.363. The van der Waals surface area contributed by atoms with E-state index in [-0.39, 0.29) is 17.2 Å². The molecule has 0 bridgehead atoms. The van der Waals surface area contributed by atoms with Crippen molar-refractivity contribution in [1.82, 2.24) is 5.32 Å². The molecule has 1 atom stereocenters. The molecule has 1 rings (SSSR count). The van der Waals surface area contributed by atoms with Crippen molar-refractivity contribution in [3.63, 3.8) is 0 Å². The van der Waals surface area contributed by atoms with Crippen LogP contribution < -0.4 is 10.2 Å². The predicted octanol–water partition coefficient (Wildman–Crippen LogP) is 1.52. The van der Waals surface area contributed by atoms with E-state index in [1.807, 2.05) is 13.8 Å². The molecule has 0 aliphatic heterocycles. The Kier molecular flexibility index (Phi) is 8.36. The van der Waals surface area contributed by atoms with E-state index in [9.17, 15) is 24.5 Å². The second-order valence-corrected chi connectivity index (χ2v) is 6.70. The molecule has 0 saturated carbocycles. The normalized spacial score (nSPS) is 11.5. The number of carbonyl (C=O) groups is 3. The smallest absolute Gasteiger partial charge is 0.341 e. The van der Waals surface area contributed by atoms with Gasteiger partial charge in [0.15, 0.2) is 6.61 Å². The van der Waals surface area contributed by atoms with Gasteiger partial charge in [-0.15, -0.1) is 0 Å². The molecule has 0 fully saturated rings. The molecule has 1 aromatic carbocycles. The van der Waals surface area contributed by atoms with Crippen LogP contribution in [0.2, 0.25) is 0 Å². The minimum atomic E-state index is -0.888. The molecular formula is C18H25N3O7. The van der Waals surface area contributed by atoms with E-state index >= 15 is 0 Å². The van der Waals surface area contributed by atoms with E-state index < -0.39 is 35.4 Å². The summed E-state index contributed by atoms with van der Waals surface area (Å²) in [6.45, 7) is 3.13. The lowest BCUT2D eigenvalue weighted by Gasteiger charge is -2.19. The largest absolute Gasteiger partial charge is 0.467 e. The van der Waals surface area contributed by atoms with Gasteiger partial charge in [0.25, 0.3) is 11.6 Å². The Morgan fingerprint density at radius 1 is 1.25 bits per heavy atom. The fourth-order valence-electron chi connectivity index (χ4n) is 2.46. The van der Waals surface area contributed by atoms with Crippen molar-refractivity contribution in [2.24, 2.45) is 5.92 Å². The molecule has 1 N–H and O–H groups in total. The summed E-state index contributed by atoms with van der Waals surface area (Å²) in [7, 11) is 4.54. The van der Waals surface area contributed by atoms with Crippen LogP contribution in [0, 0.1) is 16.0 Å². The molecule has 0 unspecified atom stereocenters. The molecule has 0 aliphatic carbocycles. The van der Waals surface area contributed by atoms with Crippen LogP contribution in [0.1, 0.15) is 30.6 Å². The zero-order valence-electron chi connectivity index (χ0n) is 16.6. The lowest BCUT2D eigenvalue weighted by molar-refractivity contribution is -0.384. The summed E-state index contributed by atoms with van der Waals surface area (Å²) in [5.74, 6) is -2.04. The number of amides is 1. The van der Waals surface area contributed by atoms with Gasteiger partial charge in [-0.1, -0.05) is 13.8 Å². The fourth-order valence-corrected chi connectivity index (χ4v) is 2.46. The van der Waals surface area contributed by atoms with Crippen molar-refractivity contribution in [3.8, 4) is 0 Å². The number of nitro benzene ring substituents is 1. The van der Waals surface area contributed by atoms with Crippen molar-refractivity contribution >= 4 is 29.2 Å². The van der Waals surface area contributed by atoms with Crippen LogP contribution in [0.3, 0.4) is 0 Å². The molecule has 10 heteroatoms. The summed E-state index contributed by atoms with van der Waals surface area (Å²) >= 11 is 0. The number of hydrogen-bond acceptors (Lipinski definition) is 8. The molecule has 0 aliphatic rings. The molecule has 0 heterocycles. The number of esters is 2. The first-order chi connectivity index (χ1) is 13.1. The van der Waals surface area contributed by atoms with E-state index in [1.165, 1.54) is 19.2 Å². The van der Waals surface area contributed by atoms with Crippen LogP contribution in [0.25, 0.3) is 0 Å². The summed E-state index contributed by atoms with van der Waals surface area (Å²) in [5, 5.41) is 13.4. The van der Waals surface area contributed by atoms with Crippen molar-refractivity contribution in [3.05, 3.63) is 33.9 Å². The predicted molar refractivity (Wildman–Crippen MR) is 101 cm³/mol. The van der Waals surface area contributed by atoms with Gasteiger partial charge in [0.2, 0.25) is 0 Å². The lowest BCUT2D eigenvalue weighted by Crippen LogP contribution is -2.44.